The van der Waals surface area contributed by atoms with Gasteiger partial charge in [0.25, 0.3) is 5.91 Å². The van der Waals surface area contributed by atoms with Crippen molar-refractivity contribution < 1.29 is 4.79 Å². The molecule has 0 aliphatic carbocycles. The van der Waals surface area contributed by atoms with Gasteiger partial charge in [0.2, 0.25) is 0 Å². The van der Waals surface area contributed by atoms with Gasteiger partial charge >= 0.3 is 0 Å². The first kappa shape index (κ1) is 18.8. The molecule has 3 rings (SSSR count). The number of aryl methyl sites for hydroxylation is 1. The first-order chi connectivity index (χ1) is 12.5. The van der Waals surface area contributed by atoms with Crippen LogP contribution in [0.3, 0.4) is 0 Å². The highest BCUT2D eigenvalue weighted by atomic mass is 35.5. The molecule has 26 heavy (non-hydrogen) atoms. The van der Waals surface area contributed by atoms with E-state index >= 15 is 0 Å². The van der Waals surface area contributed by atoms with E-state index in [9.17, 15) is 4.79 Å². The number of fused-ring (bicyclic) bond motifs is 1. The number of aromatic nitrogens is 1. The van der Waals surface area contributed by atoms with Crippen molar-refractivity contribution in [3.8, 4) is 0 Å². The molecule has 0 unspecified atom stereocenters. The van der Waals surface area contributed by atoms with E-state index in [0.717, 1.165) is 28.7 Å². The molecule has 136 valence electrons. The van der Waals surface area contributed by atoms with Crippen LogP contribution >= 0.6 is 22.9 Å². The van der Waals surface area contributed by atoms with E-state index in [0.29, 0.717) is 22.3 Å². The Morgan fingerprint density at radius 2 is 1.92 bits per heavy atom. The molecule has 0 aliphatic heterocycles. The number of halogens is 1. The fourth-order valence-electron chi connectivity index (χ4n) is 2.78. The van der Waals surface area contributed by atoms with Crippen molar-refractivity contribution in [1.82, 2.24) is 9.88 Å². The van der Waals surface area contributed by atoms with E-state index in [4.69, 9.17) is 11.6 Å². The molecule has 1 heterocycles. The van der Waals surface area contributed by atoms with Crippen LogP contribution in [0.2, 0.25) is 5.02 Å². The van der Waals surface area contributed by atoms with Gasteiger partial charge in [-0.25, -0.2) is 4.98 Å². The maximum atomic E-state index is 13.2. The highest BCUT2D eigenvalue weighted by molar-refractivity contribution is 7.22. The van der Waals surface area contributed by atoms with Crippen LogP contribution in [-0.2, 0) is 0 Å². The van der Waals surface area contributed by atoms with Gasteiger partial charge in [-0.3, -0.25) is 9.69 Å². The van der Waals surface area contributed by atoms with Crippen LogP contribution in [0.15, 0.2) is 42.5 Å². The number of benzene rings is 2. The van der Waals surface area contributed by atoms with E-state index < -0.39 is 0 Å². The highest BCUT2D eigenvalue weighted by Gasteiger charge is 2.21. The number of carbonyl (C=O) groups is 1. The van der Waals surface area contributed by atoms with Gasteiger partial charge in [0, 0.05) is 12.1 Å². The van der Waals surface area contributed by atoms with Crippen LogP contribution < -0.4 is 4.90 Å². The molecule has 6 heteroatoms. The molecule has 0 bridgehead atoms. The molecule has 0 saturated carbocycles. The Labute approximate surface area is 163 Å². The van der Waals surface area contributed by atoms with Gasteiger partial charge in [-0.05, 0) is 58.3 Å². The zero-order chi connectivity index (χ0) is 18.7. The van der Waals surface area contributed by atoms with E-state index in [1.54, 1.807) is 4.90 Å². The van der Waals surface area contributed by atoms with Gasteiger partial charge < -0.3 is 4.90 Å². The quantitative estimate of drug-likeness (QED) is 0.606. The lowest BCUT2D eigenvalue weighted by Crippen LogP contribution is -2.33. The summed E-state index contributed by atoms with van der Waals surface area (Å²) in [5.74, 6) is -0.0253. The lowest BCUT2D eigenvalue weighted by molar-refractivity contribution is 0.0986. The number of nitrogens with zero attached hydrogens (tertiary/aromatic N) is 3. The topological polar surface area (TPSA) is 36.4 Å². The fraction of sp³-hybridized carbons (Fsp3) is 0.300. The molecule has 4 nitrogen and oxygen atoms in total. The van der Waals surface area contributed by atoms with Crippen LogP contribution in [0.25, 0.3) is 10.2 Å². The molecule has 0 saturated heterocycles. The fourth-order valence-corrected chi connectivity index (χ4v) is 4.07. The van der Waals surface area contributed by atoms with Crippen molar-refractivity contribution in [2.75, 3.05) is 32.1 Å². The van der Waals surface area contributed by atoms with Crippen molar-refractivity contribution in [3.05, 3.63) is 58.6 Å². The Bertz CT molecular complexity index is 922. The van der Waals surface area contributed by atoms with Crippen LogP contribution in [0, 0.1) is 6.92 Å². The van der Waals surface area contributed by atoms with E-state index in [2.05, 4.69) is 9.88 Å². The average Bonchev–Trinajstić information content (AvgIpc) is 3.03. The summed E-state index contributed by atoms with van der Waals surface area (Å²) < 4.78 is 0.988. The summed E-state index contributed by atoms with van der Waals surface area (Å²) in [5, 5.41) is 1.31. The number of para-hydroxylation sites is 1. The molecule has 1 amide bonds. The molecule has 0 N–H and O–H groups in total. The minimum Gasteiger partial charge on any atom is -0.309 e. The molecule has 0 aliphatic rings. The van der Waals surface area contributed by atoms with Crippen molar-refractivity contribution in [3.63, 3.8) is 0 Å². The smallest absolute Gasteiger partial charge is 0.260 e. The molecule has 2 aromatic carbocycles. The van der Waals surface area contributed by atoms with Crippen LogP contribution in [0.1, 0.15) is 22.3 Å². The summed E-state index contributed by atoms with van der Waals surface area (Å²) in [6.07, 6.45) is 0.869. The molecule has 0 radical (unpaired) electrons. The number of anilines is 1. The zero-order valence-corrected chi connectivity index (χ0v) is 16.8. The highest BCUT2D eigenvalue weighted by Crippen LogP contribution is 2.33. The lowest BCUT2D eigenvalue weighted by Gasteiger charge is -2.21. The minimum absolute atomic E-state index is 0.0253. The summed E-state index contributed by atoms with van der Waals surface area (Å²) in [4.78, 5) is 21.7. The number of thiazole rings is 1. The number of rotatable bonds is 6. The normalized spacial score (nSPS) is 11.3. The standard InChI is InChI=1S/C20H22ClN3OS/c1-14-7-4-8-15(13-14)19(25)24(12-6-11-23(2)3)20-22-18-16(21)9-5-10-17(18)26-20/h4-5,7-10,13H,6,11-12H2,1-3H3. The van der Waals surface area contributed by atoms with E-state index in [1.165, 1.54) is 11.3 Å². The third-order valence-corrected chi connectivity index (χ3v) is 5.44. The Kier molecular flexibility index (Phi) is 5.91. The van der Waals surface area contributed by atoms with Crippen LogP contribution in [-0.4, -0.2) is 43.0 Å². The second-order valence-corrected chi connectivity index (χ2v) is 7.98. The average molecular weight is 388 g/mol. The zero-order valence-electron chi connectivity index (χ0n) is 15.2. The lowest BCUT2D eigenvalue weighted by atomic mass is 10.1. The molecule has 0 fully saturated rings. The van der Waals surface area contributed by atoms with Crippen molar-refractivity contribution >= 4 is 44.2 Å². The third-order valence-electron chi connectivity index (χ3n) is 4.09. The largest absolute Gasteiger partial charge is 0.309 e. The summed E-state index contributed by atoms with van der Waals surface area (Å²) in [6.45, 7) is 3.51. The number of hydrogen-bond donors (Lipinski definition) is 0. The van der Waals surface area contributed by atoms with Crippen molar-refractivity contribution in [1.29, 1.82) is 0 Å². The summed E-state index contributed by atoms with van der Waals surface area (Å²) >= 11 is 7.77. The van der Waals surface area contributed by atoms with Crippen molar-refractivity contribution in [2.45, 2.75) is 13.3 Å². The monoisotopic (exact) mass is 387 g/mol. The predicted molar refractivity (Wildman–Crippen MR) is 111 cm³/mol. The maximum absolute atomic E-state index is 13.2. The van der Waals surface area contributed by atoms with E-state index in [-0.39, 0.29) is 5.91 Å². The Balaban J connectivity index is 1.96. The minimum atomic E-state index is -0.0253. The molecule has 3 aromatic rings. The predicted octanol–water partition coefficient (Wildman–Crippen LogP) is 4.86. The second kappa shape index (κ2) is 8.16. The van der Waals surface area contributed by atoms with Gasteiger partial charge in [0.1, 0.15) is 5.52 Å². The Hall–Kier alpha value is -1.95. The number of hydrogen-bond acceptors (Lipinski definition) is 4. The summed E-state index contributed by atoms with van der Waals surface area (Å²) in [5.41, 5.74) is 2.50. The van der Waals surface area contributed by atoms with Gasteiger partial charge in [-0.2, -0.15) is 0 Å². The molecular weight excluding hydrogens is 366 g/mol. The van der Waals surface area contributed by atoms with Gasteiger partial charge in [-0.15, -0.1) is 0 Å². The van der Waals surface area contributed by atoms with Crippen LogP contribution in [0.4, 0.5) is 5.13 Å². The number of amides is 1. The molecule has 0 spiro atoms. The number of carbonyl (C=O) groups excluding carboxylic acids is 1. The Morgan fingerprint density at radius 3 is 2.62 bits per heavy atom. The maximum Gasteiger partial charge on any atom is 0.260 e. The second-order valence-electron chi connectivity index (χ2n) is 6.57. The van der Waals surface area contributed by atoms with Gasteiger partial charge in [-0.1, -0.05) is 46.7 Å². The summed E-state index contributed by atoms with van der Waals surface area (Å²) in [6, 6.07) is 13.4. The SMILES string of the molecule is Cc1cccc(C(=O)N(CCCN(C)C)c2nc3c(Cl)cccc3s2)c1. The van der Waals surface area contributed by atoms with E-state index in [1.807, 2.05) is 63.5 Å². The molecule has 1 aromatic heterocycles. The van der Waals surface area contributed by atoms with Crippen molar-refractivity contribution in [2.24, 2.45) is 0 Å². The van der Waals surface area contributed by atoms with Crippen LogP contribution in [0.5, 0.6) is 0 Å². The molecule has 0 atom stereocenters. The molecular formula is C20H22ClN3OS. The summed E-state index contributed by atoms with van der Waals surface area (Å²) in [7, 11) is 4.06. The first-order valence-corrected chi connectivity index (χ1v) is 9.73. The Morgan fingerprint density at radius 1 is 1.15 bits per heavy atom. The third kappa shape index (κ3) is 4.23. The first-order valence-electron chi connectivity index (χ1n) is 8.54. The van der Waals surface area contributed by atoms with Gasteiger partial charge in [0.05, 0.1) is 9.72 Å². The van der Waals surface area contributed by atoms with Gasteiger partial charge in [0.15, 0.2) is 5.13 Å².